The number of nitrogens with one attached hydrogen (secondary N) is 2. The molecule has 0 fully saturated rings. The summed E-state index contributed by atoms with van der Waals surface area (Å²) in [4.78, 5) is 12.5. The molecule has 122 valence electrons. The number of nitrogens with zero attached hydrogens (tertiary/aromatic N) is 3. The van der Waals surface area contributed by atoms with Crippen molar-refractivity contribution >= 4 is 5.91 Å². The molecule has 0 radical (unpaired) electrons. The normalized spacial score (nSPS) is 13.5. The van der Waals surface area contributed by atoms with Crippen molar-refractivity contribution in [2.24, 2.45) is 0 Å². The van der Waals surface area contributed by atoms with Crippen LogP contribution in [0, 0.1) is 0 Å². The lowest BCUT2D eigenvalue weighted by atomic mass is 10.1. The van der Waals surface area contributed by atoms with Crippen molar-refractivity contribution in [3.05, 3.63) is 59.5 Å². The molecule has 2 N–H and O–H groups in total. The molecular weight excluding hydrogens is 306 g/mol. The molecule has 1 aliphatic rings. The first kappa shape index (κ1) is 14.6. The molecule has 1 aromatic carbocycles. The molecular formula is C17H17N5O2. The first-order chi connectivity index (χ1) is 11.8. The van der Waals surface area contributed by atoms with Crippen molar-refractivity contribution < 1.29 is 9.32 Å². The molecule has 24 heavy (non-hydrogen) atoms. The summed E-state index contributed by atoms with van der Waals surface area (Å²) >= 11 is 0. The molecule has 0 atom stereocenters. The second-order valence-electron chi connectivity index (χ2n) is 5.64. The van der Waals surface area contributed by atoms with Crippen LogP contribution in [0.1, 0.15) is 21.7 Å². The van der Waals surface area contributed by atoms with Crippen LogP contribution in [0.3, 0.4) is 0 Å². The molecule has 3 aromatic rings. The number of benzene rings is 1. The number of rotatable bonds is 4. The monoisotopic (exact) mass is 323 g/mol. The summed E-state index contributed by atoms with van der Waals surface area (Å²) in [6.45, 7) is 2.96. The van der Waals surface area contributed by atoms with Crippen LogP contribution >= 0.6 is 0 Å². The van der Waals surface area contributed by atoms with E-state index in [4.69, 9.17) is 4.52 Å². The Labute approximate surface area is 138 Å². The maximum atomic E-state index is 12.5. The average Bonchev–Trinajstić information content (AvgIpc) is 3.27. The van der Waals surface area contributed by atoms with E-state index in [2.05, 4.69) is 20.9 Å². The van der Waals surface area contributed by atoms with Gasteiger partial charge in [0.1, 0.15) is 5.56 Å². The molecule has 2 aromatic heterocycles. The van der Waals surface area contributed by atoms with E-state index in [-0.39, 0.29) is 5.91 Å². The van der Waals surface area contributed by atoms with Crippen LogP contribution in [0.25, 0.3) is 11.3 Å². The molecule has 0 spiro atoms. The van der Waals surface area contributed by atoms with Crippen molar-refractivity contribution in [3.8, 4) is 11.3 Å². The van der Waals surface area contributed by atoms with Crippen LogP contribution in [0.4, 0.5) is 0 Å². The fraction of sp³-hybridized carbons (Fsp3) is 0.235. The summed E-state index contributed by atoms with van der Waals surface area (Å²) in [5.74, 6) is 0.251. The van der Waals surface area contributed by atoms with Crippen molar-refractivity contribution in [2.45, 2.75) is 19.6 Å². The zero-order valence-corrected chi connectivity index (χ0v) is 13.0. The Hall–Kier alpha value is -2.93. The minimum Gasteiger partial charge on any atom is -0.355 e. The van der Waals surface area contributed by atoms with Gasteiger partial charge >= 0.3 is 0 Å². The highest BCUT2D eigenvalue weighted by Gasteiger charge is 2.18. The Morgan fingerprint density at radius 1 is 1.33 bits per heavy atom. The summed E-state index contributed by atoms with van der Waals surface area (Å²) < 4.78 is 7.23. The molecule has 0 bridgehead atoms. The summed E-state index contributed by atoms with van der Waals surface area (Å²) in [7, 11) is 0. The molecule has 7 heteroatoms. The van der Waals surface area contributed by atoms with Gasteiger partial charge in [0.05, 0.1) is 30.7 Å². The summed E-state index contributed by atoms with van der Waals surface area (Å²) in [5, 5.41) is 14.5. The van der Waals surface area contributed by atoms with Crippen LogP contribution < -0.4 is 10.6 Å². The third kappa shape index (κ3) is 2.81. The molecule has 0 saturated carbocycles. The molecule has 1 amide bonds. The lowest BCUT2D eigenvalue weighted by molar-refractivity contribution is 0.0950. The highest BCUT2D eigenvalue weighted by molar-refractivity contribution is 5.99. The molecule has 4 rings (SSSR count). The number of amides is 1. The van der Waals surface area contributed by atoms with Gasteiger partial charge in [-0.2, -0.15) is 5.10 Å². The molecule has 1 aliphatic heterocycles. The van der Waals surface area contributed by atoms with E-state index in [9.17, 15) is 4.79 Å². The zero-order chi connectivity index (χ0) is 16.4. The number of carbonyl (C=O) groups is 1. The van der Waals surface area contributed by atoms with Crippen molar-refractivity contribution in [2.75, 3.05) is 6.54 Å². The number of aromatic nitrogens is 3. The lowest BCUT2D eigenvalue weighted by Gasteiger charge is -2.13. The standard InChI is InChI=1S/C17H17N5O2/c23-17(15-11-20-24-16(15)12-4-2-1-3-5-12)19-9-13-8-14-10-18-6-7-22(14)21-13/h1-5,8,11,18H,6-7,9-10H2,(H,19,23). The maximum absolute atomic E-state index is 12.5. The van der Waals surface area contributed by atoms with Gasteiger partial charge in [-0.1, -0.05) is 35.5 Å². The molecule has 0 aliphatic carbocycles. The van der Waals surface area contributed by atoms with Gasteiger partial charge in [-0.25, -0.2) is 0 Å². The zero-order valence-electron chi connectivity index (χ0n) is 13.0. The SMILES string of the molecule is O=C(NCc1cc2n(n1)CCNC2)c1cnoc1-c1ccccc1. The number of hydrogen-bond acceptors (Lipinski definition) is 5. The van der Waals surface area contributed by atoms with E-state index in [1.807, 2.05) is 41.1 Å². The number of carbonyl (C=O) groups excluding carboxylic acids is 1. The van der Waals surface area contributed by atoms with Crippen molar-refractivity contribution in [3.63, 3.8) is 0 Å². The summed E-state index contributed by atoms with van der Waals surface area (Å²) in [5.41, 5.74) is 3.23. The van der Waals surface area contributed by atoms with Crippen LogP contribution in [0.2, 0.25) is 0 Å². The average molecular weight is 323 g/mol. The van der Waals surface area contributed by atoms with E-state index in [0.717, 1.165) is 36.6 Å². The third-order valence-corrected chi connectivity index (χ3v) is 4.00. The predicted octanol–water partition coefficient (Wildman–Crippen LogP) is 1.57. The Kier molecular flexibility index (Phi) is 3.84. The highest BCUT2D eigenvalue weighted by Crippen LogP contribution is 2.23. The third-order valence-electron chi connectivity index (χ3n) is 4.00. The Balaban J connectivity index is 1.47. The fourth-order valence-corrected chi connectivity index (χ4v) is 2.80. The number of hydrogen-bond donors (Lipinski definition) is 2. The van der Waals surface area contributed by atoms with E-state index >= 15 is 0 Å². The van der Waals surface area contributed by atoms with Gasteiger partial charge in [0.25, 0.3) is 5.91 Å². The van der Waals surface area contributed by atoms with Gasteiger partial charge in [0.2, 0.25) is 0 Å². The van der Waals surface area contributed by atoms with Crippen molar-refractivity contribution in [1.82, 2.24) is 25.6 Å². The molecule has 0 saturated heterocycles. The smallest absolute Gasteiger partial charge is 0.257 e. The van der Waals surface area contributed by atoms with Gasteiger partial charge in [-0.3, -0.25) is 9.48 Å². The quantitative estimate of drug-likeness (QED) is 0.761. The Morgan fingerprint density at radius 2 is 2.21 bits per heavy atom. The summed E-state index contributed by atoms with van der Waals surface area (Å²) in [6, 6.07) is 11.5. The van der Waals surface area contributed by atoms with Crippen LogP contribution in [-0.4, -0.2) is 27.4 Å². The van der Waals surface area contributed by atoms with Gasteiger partial charge in [0.15, 0.2) is 5.76 Å². The van der Waals surface area contributed by atoms with E-state index in [0.29, 0.717) is 17.9 Å². The minimum atomic E-state index is -0.223. The lowest BCUT2D eigenvalue weighted by Crippen LogP contribution is -2.28. The molecule has 0 unspecified atom stereocenters. The second kappa shape index (κ2) is 6.29. The highest BCUT2D eigenvalue weighted by atomic mass is 16.5. The topological polar surface area (TPSA) is 85.0 Å². The van der Waals surface area contributed by atoms with E-state index in [1.54, 1.807) is 0 Å². The first-order valence-electron chi connectivity index (χ1n) is 7.86. The van der Waals surface area contributed by atoms with E-state index in [1.165, 1.54) is 6.20 Å². The van der Waals surface area contributed by atoms with E-state index < -0.39 is 0 Å². The number of fused-ring (bicyclic) bond motifs is 1. The van der Waals surface area contributed by atoms with Crippen LogP contribution in [-0.2, 0) is 19.6 Å². The van der Waals surface area contributed by atoms with Gasteiger partial charge in [-0.05, 0) is 6.07 Å². The Morgan fingerprint density at radius 3 is 3.04 bits per heavy atom. The Bertz CT molecular complexity index is 830. The second-order valence-corrected chi connectivity index (χ2v) is 5.64. The van der Waals surface area contributed by atoms with Crippen molar-refractivity contribution in [1.29, 1.82) is 0 Å². The fourth-order valence-electron chi connectivity index (χ4n) is 2.80. The molecule has 7 nitrogen and oxygen atoms in total. The van der Waals surface area contributed by atoms with Gasteiger partial charge in [-0.15, -0.1) is 0 Å². The van der Waals surface area contributed by atoms with Gasteiger partial charge < -0.3 is 15.2 Å². The maximum Gasteiger partial charge on any atom is 0.257 e. The first-order valence-corrected chi connectivity index (χ1v) is 7.86. The van der Waals surface area contributed by atoms with Crippen LogP contribution in [0.5, 0.6) is 0 Å². The largest absolute Gasteiger partial charge is 0.355 e. The minimum absolute atomic E-state index is 0.223. The van der Waals surface area contributed by atoms with Gasteiger partial charge in [0, 0.05) is 18.7 Å². The molecule has 3 heterocycles. The van der Waals surface area contributed by atoms with Crippen LogP contribution in [0.15, 0.2) is 47.1 Å². The summed E-state index contributed by atoms with van der Waals surface area (Å²) in [6.07, 6.45) is 1.44. The predicted molar refractivity (Wildman–Crippen MR) is 87.0 cm³/mol.